The number of aliphatic imine (C=N–C) groups is 1. The lowest BCUT2D eigenvalue weighted by Gasteiger charge is -2.27. The van der Waals surface area contributed by atoms with Crippen LogP contribution < -0.4 is 0 Å². The maximum absolute atomic E-state index is 12.4. The molecule has 2 aromatic rings. The molecule has 1 saturated heterocycles. The van der Waals surface area contributed by atoms with Gasteiger partial charge in [-0.25, -0.2) is 0 Å². The Kier molecular flexibility index (Phi) is 4.39. The minimum absolute atomic E-state index is 0.145. The molecule has 130 valence electrons. The zero-order chi connectivity index (χ0) is 17.4. The maximum atomic E-state index is 12.4. The third-order valence-electron chi connectivity index (χ3n) is 4.51. The van der Waals surface area contributed by atoms with Crippen molar-refractivity contribution in [3.05, 3.63) is 40.9 Å². The van der Waals surface area contributed by atoms with Gasteiger partial charge in [-0.15, -0.1) is 0 Å². The molecule has 1 amide bonds. The van der Waals surface area contributed by atoms with Crippen molar-refractivity contribution in [1.82, 2.24) is 9.47 Å². The van der Waals surface area contributed by atoms with Crippen molar-refractivity contribution in [3.63, 3.8) is 0 Å². The van der Waals surface area contributed by atoms with Crippen LogP contribution in [0.2, 0.25) is 0 Å². The van der Waals surface area contributed by atoms with Gasteiger partial charge in [0.05, 0.1) is 18.1 Å². The third-order valence-corrected chi connectivity index (χ3v) is 5.55. The molecule has 0 unspecified atom stereocenters. The standard InChI is InChI=1S/C19H21N3O2S/c1-13(2)22-12-14(15-5-3-4-6-16(15)22)11-17-18(23)20-19(25-17)21-7-9-24-10-8-21/h3-6,11-13H,7-10H2,1-2H3/b17-11+. The van der Waals surface area contributed by atoms with Gasteiger partial charge >= 0.3 is 0 Å². The number of amidine groups is 1. The first-order valence-corrected chi connectivity index (χ1v) is 9.40. The molecular formula is C19H21N3O2S. The fraction of sp³-hybridized carbons (Fsp3) is 0.368. The van der Waals surface area contributed by atoms with Crippen molar-refractivity contribution in [2.45, 2.75) is 19.9 Å². The van der Waals surface area contributed by atoms with E-state index in [0.717, 1.165) is 29.2 Å². The fourth-order valence-electron chi connectivity index (χ4n) is 3.20. The molecule has 3 heterocycles. The summed E-state index contributed by atoms with van der Waals surface area (Å²) in [5, 5.41) is 1.96. The highest BCUT2D eigenvalue weighted by molar-refractivity contribution is 8.18. The summed E-state index contributed by atoms with van der Waals surface area (Å²) in [4.78, 5) is 19.4. The van der Waals surface area contributed by atoms with Gasteiger partial charge in [-0.1, -0.05) is 18.2 Å². The molecule has 0 N–H and O–H groups in total. The minimum Gasteiger partial charge on any atom is -0.378 e. The molecule has 1 fully saturated rings. The molecule has 5 nitrogen and oxygen atoms in total. The molecule has 4 rings (SSSR count). The number of amides is 1. The Labute approximate surface area is 151 Å². The van der Waals surface area contributed by atoms with Crippen molar-refractivity contribution in [2.24, 2.45) is 4.99 Å². The predicted molar refractivity (Wildman–Crippen MR) is 103 cm³/mol. The lowest BCUT2D eigenvalue weighted by molar-refractivity contribution is -0.113. The Balaban J connectivity index is 1.66. The van der Waals surface area contributed by atoms with Gasteiger partial charge in [0.15, 0.2) is 5.17 Å². The zero-order valence-electron chi connectivity index (χ0n) is 14.4. The number of ether oxygens (including phenoxy) is 1. The molecule has 6 heteroatoms. The number of rotatable bonds is 2. The van der Waals surface area contributed by atoms with Crippen LogP contribution in [-0.2, 0) is 9.53 Å². The summed E-state index contributed by atoms with van der Waals surface area (Å²) in [5.41, 5.74) is 2.26. The van der Waals surface area contributed by atoms with E-state index in [4.69, 9.17) is 4.74 Å². The highest BCUT2D eigenvalue weighted by Crippen LogP contribution is 2.33. The molecule has 0 aliphatic carbocycles. The first-order chi connectivity index (χ1) is 12.1. The van der Waals surface area contributed by atoms with E-state index in [2.05, 4.69) is 46.6 Å². The molecule has 1 aromatic carbocycles. The second-order valence-electron chi connectivity index (χ2n) is 6.51. The van der Waals surface area contributed by atoms with E-state index in [1.165, 1.54) is 17.3 Å². The summed E-state index contributed by atoms with van der Waals surface area (Å²) < 4.78 is 7.62. The number of benzene rings is 1. The Morgan fingerprint density at radius 2 is 2.00 bits per heavy atom. The van der Waals surface area contributed by atoms with E-state index in [0.29, 0.717) is 24.2 Å². The van der Waals surface area contributed by atoms with Gasteiger partial charge in [0.1, 0.15) is 0 Å². The summed E-state index contributed by atoms with van der Waals surface area (Å²) in [7, 11) is 0. The SMILES string of the molecule is CC(C)n1cc(/C=C2/SC(N3CCOCC3)=NC2=O)c2ccccc21. The van der Waals surface area contributed by atoms with Gasteiger partial charge in [-0.05, 0) is 37.8 Å². The monoisotopic (exact) mass is 355 g/mol. The average molecular weight is 355 g/mol. The molecule has 0 radical (unpaired) electrons. The normalized spacial score (nSPS) is 20.1. The van der Waals surface area contributed by atoms with Crippen LogP contribution in [0.25, 0.3) is 17.0 Å². The smallest absolute Gasteiger partial charge is 0.286 e. The number of morpholine rings is 1. The topological polar surface area (TPSA) is 46.8 Å². The molecule has 0 saturated carbocycles. The van der Waals surface area contributed by atoms with Crippen LogP contribution in [0.1, 0.15) is 25.5 Å². The molecule has 1 aromatic heterocycles. The number of carbonyl (C=O) groups excluding carboxylic acids is 1. The van der Waals surface area contributed by atoms with Gasteiger partial charge < -0.3 is 14.2 Å². The molecule has 0 spiro atoms. The molecule has 2 aliphatic rings. The number of para-hydroxylation sites is 1. The zero-order valence-corrected chi connectivity index (χ0v) is 15.3. The highest BCUT2D eigenvalue weighted by atomic mass is 32.2. The van der Waals surface area contributed by atoms with Crippen LogP contribution in [0.3, 0.4) is 0 Å². The minimum atomic E-state index is -0.145. The van der Waals surface area contributed by atoms with E-state index < -0.39 is 0 Å². The lowest BCUT2D eigenvalue weighted by Crippen LogP contribution is -2.38. The fourth-order valence-corrected chi connectivity index (χ4v) is 4.16. The maximum Gasteiger partial charge on any atom is 0.286 e. The number of fused-ring (bicyclic) bond motifs is 1. The van der Waals surface area contributed by atoms with Crippen molar-refractivity contribution in [1.29, 1.82) is 0 Å². The van der Waals surface area contributed by atoms with Gasteiger partial charge in [-0.2, -0.15) is 4.99 Å². The Morgan fingerprint density at radius 1 is 1.24 bits per heavy atom. The van der Waals surface area contributed by atoms with E-state index in [1.54, 1.807) is 0 Å². The summed E-state index contributed by atoms with van der Waals surface area (Å²) in [6.07, 6.45) is 4.11. The molecule has 0 bridgehead atoms. The number of aromatic nitrogens is 1. The molecule has 2 aliphatic heterocycles. The predicted octanol–water partition coefficient (Wildman–Crippen LogP) is 3.52. The largest absolute Gasteiger partial charge is 0.378 e. The van der Waals surface area contributed by atoms with Crippen LogP contribution in [0.15, 0.2) is 40.4 Å². The van der Waals surface area contributed by atoms with E-state index in [-0.39, 0.29) is 5.91 Å². The summed E-state index contributed by atoms with van der Waals surface area (Å²) in [6.45, 7) is 7.29. The molecule has 25 heavy (non-hydrogen) atoms. The van der Waals surface area contributed by atoms with Crippen LogP contribution >= 0.6 is 11.8 Å². The Bertz CT molecular complexity index is 876. The number of nitrogens with zero attached hydrogens (tertiary/aromatic N) is 3. The quantitative estimate of drug-likeness (QED) is 0.773. The van der Waals surface area contributed by atoms with Gasteiger partial charge in [0, 0.05) is 41.8 Å². The number of hydrogen-bond acceptors (Lipinski definition) is 4. The molecular weight excluding hydrogens is 334 g/mol. The van der Waals surface area contributed by atoms with Crippen LogP contribution in [-0.4, -0.2) is 46.8 Å². The van der Waals surface area contributed by atoms with Gasteiger partial charge in [0.25, 0.3) is 5.91 Å². The van der Waals surface area contributed by atoms with Crippen molar-refractivity contribution in [3.8, 4) is 0 Å². The number of thioether (sulfide) groups is 1. The van der Waals surface area contributed by atoms with Crippen molar-refractivity contribution in [2.75, 3.05) is 26.3 Å². The third kappa shape index (κ3) is 3.12. The lowest BCUT2D eigenvalue weighted by atomic mass is 10.1. The van der Waals surface area contributed by atoms with Gasteiger partial charge in [0.2, 0.25) is 0 Å². The van der Waals surface area contributed by atoms with Crippen molar-refractivity contribution >= 4 is 39.8 Å². The number of hydrogen-bond donors (Lipinski definition) is 0. The second-order valence-corrected chi connectivity index (χ2v) is 7.52. The highest BCUT2D eigenvalue weighted by Gasteiger charge is 2.27. The molecule has 0 atom stereocenters. The average Bonchev–Trinajstić information content (AvgIpc) is 3.18. The first kappa shape index (κ1) is 16.4. The van der Waals surface area contributed by atoms with E-state index in [9.17, 15) is 4.79 Å². The van der Waals surface area contributed by atoms with E-state index >= 15 is 0 Å². The first-order valence-electron chi connectivity index (χ1n) is 8.58. The Hall–Kier alpha value is -2.05. The van der Waals surface area contributed by atoms with Gasteiger partial charge in [-0.3, -0.25) is 4.79 Å². The summed E-state index contributed by atoms with van der Waals surface area (Å²) in [6, 6.07) is 8.68. The second kappa shape index (κ2) is 6.69. The van der Waals surface area contributed by atoms with Crippen molar-refractivity contribution < 1.29 is 9.53 Å². The van der Waals surface area contributed by atoms with Crippen LogP contribution in [0, 0.1) is 0 Å². The van der Waals surface area contributed by atoms with E-state index in [1.807, 2.05) is 18.2 Å². The summed E-state index contributed by atoms with van der Waals surface area (Å²) in [5.74, 6) is -0.145. The van der Waals surface area contributed by atoms with Crippen LogP contribution in [0.5, 0.6) is 0 Å². The number of carbonyl (C=O) groups is 1. The Morgan fingerprint density at radius 3 is 2.76 bits per heavy atom. The van der Waals surface area contributed by atoms with Crippen LogP contribution in [0.4, 0.5) is 0 Å². The summed E-state index contributed by atoms with van der Waals surface area (Å²) >= 11 is 1.47.